The summed E-state index contributed by atoms with van der Waals surface area (Å²) in [5.74, 6) is 0.855. The molecule has 1 rings (SSSR count). The molecule has 0 saturated carbocycles. The molecule has 28 heavy (non-hydrogen) atoms. The molecule has 0 aliphatic carbocycles. The van der Waals surface area contributed by atoms with Crippen LogP contribution in [0.3, 0.4) is 0 Å². The van der Waals surface area contributed by atoms with Crippen molar-refractivity contribution in [2.45, 2.75) is 79.2 Å². The van der Waals surface area contributed by atoms with E-state index in [9.17, 15) is 9.59 Å². The SMILES string of the molecule is CCCN(CC[C@@H](C)C(=O)N[C@H](C)c1ccccc1)C(=O)CCC[C@@H](C)CC. The van der Waals surface area contributed by atoms with Crippen LogP contribution in [0.1, 0.15) is 84.7 Å². The van der Waals surface area contributed by atoms with Crippen molar-refractivity contribution in [2.24, 2.45) is 11.8 Å². The number of nitrogens with zero attached hydrogens (tertiary/aromatic N) is 1. The highest BCUT2D eigenvalue weighted by atomic mass is 16.2. The highest BCUT2D eigenvalue weighted by Crippen LogP contribution is 2.15. The summed E-state index contributed by atoms with van der Waals surface area (Å²) in [6.45, 7) is 11.9. The summed E-state index contributed by atoms with van der Waals surface area (Å²) in [5, 5.41) is 3.09. The summed E-state index contributed by atoms with van der Waals surface area (Å²) in [6.07, 6.45) is 5.50. The van der Waals surface area contributed by atoms with Crippen molar-refractivity contribution in [2.75, 3.05) is 13.1 Å². The molecule has 0 saturated heterocycles. The van der Waals surface area contributed by atoms with E-state index in [1.54, 1.807) is 0 Å². The maximum absolute atomic E-state index is 12.6. The lowest BCUT2D eigenvalue weighted by Crippen LogP contribution is -2.36. The summed E-state index contributed by atoms with van der Waals surface area (Å²) in [4.78, 5) is 27.1. The fourth-order valence-corrected chi connectivity index (χ4v) is 3.26. The van der Waals surface area contributed by atoms with Crippen LogP contribution in [0, 0.1) is 11.8 Å². The van der Waals surface area contributed by atoms with Gasteiger partial charge in [0.05, 0.1) is 6.04 Å². The summed E-state index contributed by atoms with van der Waals surface area (Å²) in [6, 6.07) is 9.98. The van der Waals surface area contributed by atoms with Gasteiger partial charge in [-0.3, -0.25) is 9.59 Å². The van der Waals surface area contributed by atoms with Crippen LogP contribution < -0.4 is 5.32 Å². The molecule has 0 heterocycles. The van der Waals surface area contributed by atoms with Gasteiger partial charge < -0.3 is 10.2 Å². The van der Waals surface area contributed by atoms with Crippen LogP contribution in [0.25, 0.3) is 0 Å². The first kappa shape index (κ1) is 24.2. The molecule has 0 unspecified atom stereocenters. The normalized spacial score (nSPS) is 14.2. The first-order valence-corrected chi connectivity index (χ1v) is 11.0. The van der Waals surface area contributed by atoms with Gasteiger partial charge in [-0.2, -0.15) is 0 Å². The van der Waals surface area contributed by atoms with Gasteiger partial charge in [0, 0.05) is 25.4 Å². The third-order valence-corrected chi connectivity index (χ3v) is 5.57. The van der Waals surface area contributed by atoms with Gasteiger partial charge >= 0.3 is 0 Å². The van der Waals surface area contributed by atoms with Gasteiger partial charge in [-0.15, -0.1) is 0 Å². The van der Waals surface area contributed by atoms with E-state index in [2.05, 4.69) is 26.1 Å². The molecule has 0 aliphatic heterocycles. The lowest BCUT2D eigenvalue weighted by atomic mass is 10.0. The Bertz CT molecular complexity index is 573. The average molecular weight is 389 g/mol. The highest BCUT2D eigenvalue weighted by Gasteiger charge is 2.19. The molecular weight excluding hydrogens is 348 g/mol. The smallest absolute Gasteiger partial charge is 0.223 e. The van der Waals surface area contributed by atoms with E-state index >= 15 is 0 Å². The van der Waals surface area contributed by atoms with Crippen molar-refractivity contribution in [3.63, 3.8) is 0 Å². The number of benzene rings is 1. The Balaban J connectivity index is 2.45. The first-order chi connectivity index (χ1) is 13.4. The molecule has 0 radical (unpaired) electrons. The maximum atomic E-state index is 12.6. The first-order valence-electron chi connectivity index (χ1n) is 11.0. The Kier molecular flexibility index (Phi) is 11.5. The zero-order valence-electron chi connectivity index (χ0n) is 18.5. The Morgan fingerprint density at radius 3 is 2.29 bits per heavy atom. The molecule has 3 atom stereocenters. The number of rotatable bonds is 13. The standard InChI is InChI=1S/C24H40N2O2/c1-6-17-26(23(27)15-11-12-19(3)7-2)18-16-20(4)24(28)25-21(5)22-13-9-8-10-14-22/h8-10,13-14,19-21H,6-7,11-12,15-18H2,1-5H3,(H,25,28)/t19-,20+,21+/m0/s1. The molecule has 2 amide bonds. The average Bonchev–Trinajstić information content (AvgIpc) is 2.70. The zero-order chi connectivity index (χ0) is 20.9. The number of carbonyl (C=O) groups excluding carboxylic acids is 2. The van der Waals surface area contributed by atoms with Gasteiger partial charge in [-0.25, -0.2) is 0 Å². The van der Waals surface area contributed by atoms with Crippen LogP contribution in [0.4, 0.5) is 0 Å². The van der Waals surface area contributed by atoms with E-state index < -0.39 is 0 Å². The van der Waals surface area contributed by atoms with Crippen LogP contribution >= 0.6 is 0 Å². The number of nitrogens with one attached hydrogen (secondary N) is 1. The van der Waals surface area contributed by atoms with E-state index in [1.165, 1.54) is 6.42 Å². The number of hydrogen-bond donors (Lipinski definition) is 1. The quantitative estimate of drug-likeness (QED) is 0.495. The Labute approximate surface area is 172 Å². The highest BCUT2D eigenvalue weighted by molar-refractivity contribution is 5.79. The van der Waals surface area contributed by atoms with E-state index in [4.69, 9.17) is 0 Å². The second-order valence-electron chi connectivity index (χ2n) is 8.12. The molecule has 1 aromatic rings. The monoisotopic (exact) mass is 388 g/mol. The van der Waals surface area contributed by atoms with Gasteiger partial charge in [0.15, 0.2) is 0 Å². The molecule has 158 valence electrons. The number of amides is 2. The van der Waals surface area contributed by atoms with Crippen LogP contribution in [-0.2, 0) is 9.59 Å². The molecule has 0 spiro atoms. The topological polar surface area (TPSA) is 49.4 Å². The minimum absolute atomic E-state index is 0.00918. The van der Waals surface area contributed by atoms with Gasteiger partial charge in [0.25, 0.3) is 0 Å². The molecule has 4 nitrogen and oxygen atoms in total. The van der Waals surface area contributed by atoms with Crippen molar-refractivity contribution < 1.29 is 9.59 Å². The molecular formula is C24H40N2O2. The fraction of sp³-hybridized carbons (Fsp3) is 0.667. The third-order valence-electron chi connectivity index (χ3n) is 5.57. The molecule has 0 aromatic heterocycles. The summed E-state index contributed by atoms with van der Waals surface area (Å²) >= 11 is 0. The number of hydrogen-bond acceptors (Lipinski definition) is 2. The second-order valence-corrected chi connectivity index (χ2v) is 8.12. The van der Waals surface area contributed by atoms with E-state index in [0.717, 1.165) is 31.4 Å². The van der Waals surface area contributed by atoms with Crippen molar-refractivity contribution in [3.8, 4) is 0 Å². The fourth-order valence-electron chi connectivity index (χ4n) is 3.26. The lowest BCUT2D eigenvalue weighted by molar-refractivity contribution is -0.132. The second kappa shape index (κ2) is 13.4. The summed E-state index contributed by atoms with van der Waals surface area (Å²) in [7, 11) is 0. The van der Waals surface area contributed by atoms with E-state index in [1.807, 2.05) is 49.1 Å². The van der Waals surface area contributed by atoms with Gasteiger partial charge in [0.2, 0.25) is 11.8 Å². The van der Waals surface area contributed by atoms with Gasteiger partial charge in [-0.1, -0.05) is 70.9 Å². The lowest BCUT2D eigenvalue weighted by Gasteiger charge is -2.24. The van der Waals surface area contributed by atoms with Gasteiger partial charge in [-0.05, 0) is 37.7 Å². The Morgan fingerprint density at radius 1 is 1.00 bits per heavy atom. The Hall–Kier alpha value is -1.84. The van der Waals surface area contributed by atoms with E-state index in [0.29, 0.717) is 25.3 Å². The largest absolute Gasteiger partial charge is 0.349 e. The minimum Gasteiger partial charge on any atom is -0.349 e. The molecule has 0 bridgehead atoms. The third kappa shape index (κ3) is 8.90. The van der Waals surface area contributed by atoms with Crippen molar-refractivity contribution in [1.29, 1.82) is 0 Å². The predicted octanol–water partition coefficient (Wildman–Crippen LogP) is 5.35. The molecule has 1 aromatic carbocycles. The van der Waals surface area contributed by atoms with Crippen LogP contribution in [0.2, 0.25) is 0 Å². The Morgan fingerprint density at radius 2 is 1.68 bits per heavy atom. The molecule has 0 aliphatic rings. The number of carbonyl (C=O) groups is 2. The summed E-state index contributed by atoms with van der Waals surface area (Å²) < 4.78 is 0. The van der Waals surface area contributed by atoms with Gasteiger partial charge in [0.1, 0.15) is 0 Å². The van der Waals surface area contributed by atoms with Crippen LogP contribution in [-0.4, -0.2) is 29.8 Å². The van der Waals surface area contributed by atoms with Crippen molar-refractivity contribution in [3.05, 3.63) is 35.9 Å². The minimum atomic E-state index is -0.113. The van der Waals surface area contributed by atoms with Crippen molar-refractivity contribution >= 4 is 11.8 Å². The van der Waals surface area contributed by atoms with Crippen LogP contribution in [0.15, 0.2) is 30.3 Å². The van der Waals surface area contributed by atoms with E-state index in [-0.39, 0.29) is 23.8 Å². The zero-order valence-corrected chi connectivity index (χ0v) is 18.5. The predicted molar refractivity (Wildman–Crippen MR) is 117 cm³/mol. The molecule has 1 N–H and O–H groups in total. The molecule has 4 heteroatoms. The summed E-state index contributed by atoms with van der Waals surface area (Å²) in [5.41, 5.74) is 1.10. The van der Waals surface area contributed by atoms with Crippen molar-refractivity contribution in [1.82, 2.24) is 10.2 Å². The maximum Gasteiger partial charge on any atom is 0.223 e. The molecule has 0 fully saturated rings. The van der Waals surface area contributed by atoms with Crippen LogP contribution in [0.5, 0.6) is 0 Å².